The molecule has 1 heterocycles. The summed E-state index contributed by atoms with van der Waals surface area (Å²) in [6.07, 6.45) is 2.45. The van der Waals surface area contributed by atoms with E-state index in [1.807, 2.05) is 12.1 Å². The van der Waals surface area contributed by atoms with Gasteiger partial charge in [0.05, 0.1) is 0 Å². The molecule has 0 aromatic heterocycles. The molecular formula is C15H23FN2. The zero-order chi connectivity index (χ0) is 13.0. The minimum absolute atomic E-state index is 0.166. The maximum atomic E-state index is 13.0. The third-order valence-corrected chi connectivity index (χ3v) is 3.61. The molecule has 2 nitrogen and oxygen atoms in total. The minimum atomic E-state index is -0.166. The van der Waals surface area contributed by atoms with E-state index in [0.29, 0.717) is 18.0 Å². The molecule has 2 unspecified atom stereocenters. The van der Waals surface area contributed by atoms with E-state index in [4.69, 9.17) is 0 Å². The molecule has 100 valence electrons. The second-order valence-electron chi connectivity index (χ2n) is 5.48. The number of nitrogens with one attached hydrogen (secondary N) is 2. The molecular weight excluding hydrogens is 227 g/mol. The molecule has 2 atom stereocenters. The smallest absolute Gasteiger partial charge is 0.123 e. The van der Waals surface area contributed by atoms with E-state index in [1.165, 1.54) is 18.4 Å². The Morgan fingerprint density at radius 3 is 2.56 bits per heavy atom. The molecule has 0 amide bonds. The number of hydrogen-bond acceptors (Lipinski definition) is 2. The Balaban J connectivity index is 2.05. The first-order valence-electron chi connectivity index (χ1n) is 6.89. The highest BCUT2D eigenvalue weighted by molar-refractivity contribution is 5.20. The van der Waals surface area contributed by atoms with Crippen molar-refractivity contribution in [1.29, 1.82) is 0 Å². The van der Waals surface area contributed by atoms with Crippen LogP contribution in [-0.2, 0) is 0 Å². The average molecular weight is 250 g/mol. The second-order valence-corrected chi connectivity index (χ2v) is 5.48. The first kappa shape index (κ1) is 13.5. The van der Waals surface area contributed by atoms with Gasteiger partial charge in [-0.15, -0.1) is 0 Å². The monoisotopic (exact) mass is 250 g/mol. The van der Waals surface area contributed by atoms with Crippen LogP contribution in [0.5, 0.6) is 0 Å². The largest absolute Gasteiger partial charge is 0.315 e. The maximum absolute atomic E-state index is 13.0. The highest BCUT2D eigenvalue weighted by atomic mass is 19.1. The highest BCUT2D eigenvalue weighted by Crippen LogP contribution is 2.23. The van der Waals surface area contributed by atoms with Gasteiger partial charge in [0.2, 0.25) is 0 Å². The molecule has 0 bridgehead atoms. The van der Waals surface area contributed by atoms with Crippen molar-refractivity contribution in [2.24, 2.45) is 5.92 Å². The zero-order valence-electron chi connectivity index (χ0n) is 11.2. The molecule has 1 fully saturated rings. The van der Waals surface area contributed by atoms with E-state index in [1.54, 1.807) is 12.1 Å². The van der Waals surface area contributed by atoms with Gasteiger partial charge in [0, 0.05) is 18.6 Å². The van der Waals surface area contributed by atoms with Crippen LogP contribution in [0.1, 0.15) is 38.3 Å². The summed E-state index contributed by atoms with van der Waals surface area (Å²) >= 11 is 0. The van der Waals surface area contributed by atoms with Gasteiger partial charge in [-0.05, 0) is 43.0 Å². The number of hydrogen-bond donors (Lipinski definition) is 2. The van der Waals surface area contributed by atoms with Gasteiger partial charge in [-0.25, -0.2) is 4.39 Å². The van der Waals surface area contributed by atoms with Crippen molar-refractivity contribution in [1.82, 2.24) is 10.6 Å². The third kappa shape index (κ3) is 3.53. The van der Waals surface area contributed by atoms with Crippen LogP contribution >= 0.6 is 0 Å². The van der Waals surface area contributed by atoms with Gasteiger partial charge in [-0.1, -0.05) is 26.0 Å². The van der Waals surface area contributed by atoms with E-state index in [-0.39, 0.29) is 5.82 Å². The van der Waals surface area contributed by atoms with Gasteiger partial charge in [0.25, 0.3) is 0 Å². The fourth-order valence-corrected chi connectivity index (χ4v) is 2.59. The normalized spacial score (nSPS) is 22.1. The molecule has 1 saturated heterocycles. The standard InChI is InChI=1S/C15H23FN2/c1-11(2)15(12-5-7-13(16)8-6-12)18-14-4-3-9-17-10-14/h5-8,11,14-15,17-18H,3-4,9-10H2,1-2H3. The minimum Gasteiger partial charge on any atom is -0.315 e. The number of benzene rings is 1. The lowest BCUT2D eigenvalue weighted by molar-refractivity contribution is 0.311. The molecule has 1 aliphatic heterocycles. The summed E-state index contributed by atoms with van der Waals surface area (Å²) in [5, 5.41) is 7.12. The molecule has 1 aromatic carbocycles. The number of rotatable bonds is 4. The van der Waals surface area contributed by atoms with E-state index in [0.717, 1.165) is 13.1 Å². The van der Waals surface area contributed by atoms with Crippen LogP contribution < -0.4 is 10.6 Å². The summed E-state index contributed by atoms with van der Waals surface area (Å²) in [6.45, 7) is 6.57. The Labute approximate surface area is 109 Å². The molecule has 3 heteroatoms. The predicted molar refractivity (Wildman–Crippen MR) is 73.0 cm³/mol. The highest BCUT2D eigenvalue weighted by Gasteiger charge is 2.21. The quantitative estimate of drug-likeness (QED) is 0.858. The maximum Gasteiger partial charge on any atom is 0.123 e. The van der Waals surface area contributed by atoms with Crippen molar-refractivity contribution in [2.45, 2.75) is 38.8 Å². The van der Waals surface area contributed by atoms with E-state index < -0.39 is 0 Å². The van der Waals surface area contributed by atoms with Gasteiger partial charge in [0.15, 0.2) is 0 Å². The van der Waals surface area contributed by atoms with Crippen molar-refractivity contribution >= 4 is 0 Å². The van der Waals surface area contributed by atoms with Gasteiger partial charge < -0.3 is 10.6 Å². The topological polar surface area (TPSA) is 24.1 Å². The molecule has 0 saturated carbocycles. The van der Waals surface area contributed by atoms with Crippen LogP contribution in [0.4, 0.5) is 4.39 Å². The SMILES string of the molecule is CC(C)C(NC1CCCNC1)c1ccc(F)cc1. The molecule has 0 radical (unpaired) electrons. The predicted octanol–water partition coefficient (Wildman–Crippen LogP) is 2.86. The molecule has 1 aromatic rings. The van der Waals surface area contributed by atoms with Crippen molar-refractivity contribution in [3.63, 3.8) is 0 Å². The molecule has 0 spiro atoms. The Hall–Kier alpha value is -0.930. The van der Waals surface area contributed by atoms with Crippen LogP contribution in [-0.4, -0.2) is 19.1 Å². The summed E-state index contributed by atoms with van der Waals surface area (Å²) in [5.74, 6) is 0.331. The molecule has 2 N–H and O–H groups in total. The van der Waals surface area contributed by atoms with Crippen LogP contribution in [0.3, 0.4) is 0 Å². The Morgan fingerprint density at radius 2 is 2.00 bits per heavy atom. The van der Waals surface area contributed by atoms with Crippen LogP contribution in [0.25, 0.3) is 0 Å². The van der Waals surface area contributed by atoms with Crippen LogP contribution in [0.2, 0.25) is 0 Å². The summed E-state index contributed by atoms with van der Waals surface area (Å²) in [6, 6.07) is 7.70. The van der Waals surface area contributed by atoms with Gasteiger partial charge >= 0.3 is 0 Å². The first-order valence-corrected chi connectivity index (χ1v) is 6.89. The van der Waals surface area contributed by atoms with Crippen molar-refractivity contribution in [2.75, 3.05) is 13.1 Å². The molecule has 2 rings (SSSR count). The fourth-order valence-electron chi connectivity index (χ4n) is 2.59. The van der Waals surface area contributed by atoms with E-state index in [9.17, 15) is 4.39 Å². The molecule has 1 aliphatic rings. The fraction of sp³-hybridized carbons (Fsp3) is 0.600. The van der Waals surface area contributed by atoms with Crippen LogP contribution in [0, 0.1) is 11.7 Å². The molecule has 18 heavy (non-hydrogen) atoms. The van der Waals surface area contributed by atoms with E-state index in [2.05, 4.69) is 24.5 Å². The Morgan fingerprint density at radius 1 is 1.28 bits per heavy atom. The van der Waals surface area contributed by atoms with Gasteiger partial charge in [-0.3, -0.25) is 0 Å². The van der Waals surface area contributed by atoms with Crippen molar-refractivity contribution in [3.8, 4) is 0 Å². The molecule has 0 aliphatic carbocycles. The lowest BCUT2D eigenvalue weighted by Gasteiger charge is -2.31. The van der Waals surface area contributed by atoms with Gasteiger partial charge in [0.1, 0.15) is 5.82 Å². The lowest BCUT2D eigenvalue weighted by Crippen LogP contribution is -2.45. The van der Waals surface area contributed by atoms with Crippen LogP contribution in [0.15, 0.2) is 24.3 Å². The summed E-state index contributed by atoms with van der Waals surface area (Å²) in [5.41, 5.74) is 1.18. The third-order valence-electron chi connectivity index (χ3n) is 3.61. The lowest BCUT2D eigenvalue weighted by atomic mass is 9.94. The summed E-state index contributed by atoms with van der Waals surface area (Å²) < 4.78 is 13.0. The van der Waals surface area contributed by atoms with Crippen molar-refractivity contribution < 1.29 is 4.39 Å². The zero-order valence-corrected chi connectivity index (χ0v) is 11.2. The summed E-state index contributed by atoms with van der Waals surface area (Å²) in [4.78, 5) is 0. The van der Waals surface area contributed by atoms with E-state index >= 15 is 0 Å². The average Bonchev–Trinajstić information content (AvgIpc) is 2.38. The number of halogens is 1. The first-order chi connectivity index (χ1) is 8.66. The van der Waals surface area contributed by atoms with Crippen molar-refractivity contribution in [3.05, 3.63) is 35.6 Å². The Bertz CT molecular complexity index is 355. The number of piperidine rings is 1. The van der Waals surface area contributed by atoms with Gasteiger partial charge in [-0.2, -0.15) is 0 Å². The second kappa shape index (κ2) is 6.30. The summed E-state index contributed by atoms with van der Waals surface area (Å²) in [7, 11) is 0. The Kier molecular flexibility index (Phi) is 4.72.